The van der Waals surface area contributed by atoms with Crippen molar-refractivity contribution in [3.05, 3.63) is 56.9 Å². The van der Waals surface area contributed by atoms with E-state index in [1.165, 1.54) is 12.1 Å². The molecule has 0 saturated carbocycles. The first-order chi connectivity index (χ1) is 11.8. The van der Waals surface area contributed by atoms with Crippen LogP contribution in [0, 0.1) is 5.82 Å². The number of ether oxygens (including phenoxy) is 2. The maximum Gasteiger partial charge on any atom is 0.197 e. The smallest absolute Gasteiger partial charge is 0.197 e. The molecule has 2 aromatic carbocycles. The number of benzene rings is 2. The molecule has 1 atom stereocenters. The largest absolute Gasteiger partial charge is 0.348 e. The third kappa shape index (κ3) is 2.99. The number of halogens is 2. The number of fused-ring (bicyclic) bond motifs is 2. The fourth-order valence-electron chi connectivity index (χ4n) is 3.37. The van der Waals surface area contributed by atoms with Crippen molar-refractivity contribution in [2.75, 3.05) is 6.61 Å². The second-order valence-corrected chi connectivity index (χ2v) is 7.63. The van der Waals surface area contributed by atoms with Gasteiger partial charge in [-0.3, -0.25) is 4.79 Å². The van der Waals surface area contributed by atoms with E-state index in [2.05, 4.69) is 15.9 Å². The highest BCUT2D eigenvalue weighted by Crippen LogP contribution is 2.27. The van der Waals surface area contributed by atoms with E-state index in [4.69, 9.17) is 9.47 Å². The van der Waals surface area contributed by atoms with Gasteiger partial charge >= 0.3 is 0 Å². The minimum Gasteiger partial charge on any atom is -0.348 e. The molecule has 0 amide bonds. The first-order valence-electron chi connectivity index (χ1n) is 8.07. The Morgan fingerprint density at radius 1 is 1.20 bits per heavy atom. The molecule has 0 bridgehead atoms. The molecule has 1 aliphatic heterocycles. The van der Waals surface area contributed by atoms with Crippen LogP contribution >= 0.6 is 15.9 Å². The van der Waals surface area contributed by atoms with Gasteiger partial charge in [-0.25, -0.2) is 4.39 Å². The highest BCUT2D eigenvalue weighted by Gasteiger charge is 2.33. The summed E-state index contributed by atoms with van der Waals surface area (Å²) < 4.78 is 28.2. The molecule has 1 fully saturated rings. The average Bonchev–Trinajstić information content (AvgIpc) is 2.90. The summed E-state index contributed by atoms with van der Waals surface area (Å²) in [6, 6.07) is 9.80. The predicted octanol–water partition coefficient (Wildman–Crippen LogP) is 4.21. The Labute approximate surface area is 152 Å². The van der Waals surface area contributed by atoms with Gasteiger partial charge in [-0.15, -0.1) is 0 Å². The number of hydrogen-bond donors (Lipinski definition) is 0. The average molecular weight is 406 g/mol. The maximum atomic E-state index is 13.7. The fourth-order valence-corrected chi connectivity index (χ4v) is 3.72. The van der Waals surface area contributed by atoms with Crippen LogP contribution in [0.5, 0.6) is 0 Å². The number of hydrogen-bond acceptors (Lipinski definition) is 3. The zero-order chi connectivity index (χ0) is 17.8. The summed E-state index contributed by atoms with van der Waals surface area (Å²) in [7, 11) is 0. The molecule has 4 nitrogen and oxygen atoms in total. The van der Waals surface area contributed by atoms with Gasteiger partial charge in [0, 0.05) is 15.2 Å². The first kappa shape index (κ1) is 16.7. The lowest BCUT2D eigenvalue weighted by Gasteiger charge is -2.20. The van der Waals surface area contributed by atoms with Crippen LogP contribution in [0.1, 0.15) is 13.8 Å². The van der Waals surface area contributed by atoms with Gasteiger partial charge in [0.2, 0.25) is 0 Å². The molecule has 4 rings (SSSR count). The van der Waals surface area contributed by atoms with E-state index in [0.29, 0.717) is 29.4 Å². The molecule has 0 spiro atoms. The monoisotopic (exact) mass is 405 g/mol. The molecule has 1 aliphatic rings. The molecular formula is C19H17BrFNO3. The van der Waals surface area contributed by atoms with Crippen LogP contribution in [-0.4, -0.2) is 23.1 Å². The van der Waals surface area contributed by atoms with Gasteiger partial charge in [0.05, 0.1) is 24.2 Å². The highest BCUT2D eigenvalue weighted by atomic mass is 79.9. The second kappa shape index (κ2) is 5.90. The van der Waals surface area contributed by atoms with E-state index in [-0.39, 0.29) is 11.5 Å². The summed E-state index contributed by atoms with van der Waals surface area (Å²) in [5, 5.41) is 0.924. The Morgan fingerprint density at radius 2 is 2.00 bits per heavy atom. The van der Waals surface area contributed by atoms with Crippen LogP contribution in [0.4, 0.5) is 4.39 Å². The van der Waals surface area contributed by atoms with Gasteiger partial charge in [-0.1, -0.05) is 15.9 Å². The molecule has 0 aliphatic carbocycles. The lowest BCUT2D eigenvalue weighted by Crippen LogP contribution is -2.25. The van der Waals surface area contributed by atoms with E-state index >= 15 is 0 Å². The summed E-state index contributed by atoms with van der Waals surface area (Å²) >= 11 is 3.47. The third-order valence-electron chi connectivity index (χ3n) is 4.44. The Kier molecular flexibility index (Phi) is 3.94. The number of pyridine rings is 1. The lowest BCUT2D eigenvalue weighted by molar-refractivity contribution is -0.139. The molecule has 1 saturated heterocycles. The van der Waals surface area contributed by atoms with Crippen molar-refractivity contribution >= 4 is 37.7 Å². The van der Waals surface area contributed by atoms with Gasteiger partial charge in [0.15, 0.2) is 11.2 Å². The van der Waals surface area contributed by atoms with Crippen molar-refractivity contribution in [2.24, 2.45) is 0 Å². The third-order valence-corrected chi connectivity index (χ3v) is 4.94. The molecular weight excluding hydrogens is 389 g/mol. The van der Waals surface area contributed by atoms with Gasteiger partial charge in [-0.05, 0) is 50.2 Å². The Hall–Kier alpha value is -1.76. The van der Waals surface area contributed by atoms with E-state index in [0.717, 1.165) is 9.99 Å². The fraction of sp³-hybridized carbons (Fsp3) is 0.316. The highest BCUT2D eigenvalue weighted by molar-refractivity contribution is 9.10. The molecule has 130 valence electrons. The van der Waals surface area contributed by atoms with E-state index in [9.17, 15) is 9.18 Å². The van der Waals surface area contributed by atoms with Gasteiger partial charge in [0.1, 0.15) is 11.9 Å². The van der Waals surface area contributed by atoms with Crippen LogP contribution in [0.25, 0.3) is 21.8 Å². The van der Waals surface area contributed by atoms with Crippen molar-refractivity contribution in [2.45, 2.75) is 32.3 Å². The lowest BCUT2D eigenvalue weighted by atomic mass is 10.1. The summed E-state index contributed by atoms with van der Waals surface area (Å²) in [6.45, 7) is 4.73. The maximum absolute atomic E-state index is 13.7. The minimum atomic E-state index is -0.623. The number of rotatable bonds is 2. The number of aromatic nitrogens is 1. The topological polar surface area (TPSA) is 40.5 Å². The second-order valence-electron chi connectivity index (χ2n) is 6.71. The molecule has 0 N–H and O–H groups in total. The zero-order valence-corrected chi connectivity index (χ0v) is 15.5. The Bertz CT molecular complexity index is 1040. The molecule has 1 unspecified atom stereocenters. The molecule has 2 heterocycles. The van der Waals surface area contributed by atoms with Gasteiger partial charge in [0.25, 0.3) is 0 Å². The van der Waals surface area contributed by atoms with Gasteiger partial charge in [-0.2, -0.15) is 0 Å². The van der Waals surface area contributed by atoms with Crippen molar-refractivity contribution in [3.8, 4) is 0 Å². The molecule has 6 heteroatoms. The van der Waals surface area contributed by atoms with E-state index in [1.807, 2.05) is 30.5 Å². The number of nitrogens with zero attached hydrogens (tertiary/aromatic N) is 1. The molecule has 25 heavy (non-hydrogen) atoms. The van der Waals surface area contributed by atoms with Crippen LogP contribution in [-0.2, 0) is 16.0 Å². The SMILES string of the molecule is CC1(C)OCC(Cn2c3ccc(F)cc3c(=O)c3ccc(Br)cc32)O1. The van der Waals surface area contributed by atoms with Crippen LogP contribution in [0.3, 0.4) is 0 Å². The normalized spacial score (nSPS) is 19.8. The molecule has 3 aromatic rings. The summed E-state index contributed by atoms with van der Waals surface area (Å²) in [5.74, 6) is -1.05. The molecule has 0 radical (unpaired) electrons. The van der Waals surface area contributed by atoms with E-state index in [1.54, 1.807) is 12.1 Å². The quantitative estimate of drug-likeness (QED) is 0.599. The minimum absolute atomic E-state index is 0.145. The summed E-state index contributed by atoms with van der Waals surface area (Å²) in [5.41, 5.74) is 1.30. The van der Waals surface area contributed by atoms with Crippen LogP contribution in [0.15, 0.2) is 45.7 Å². The van der Waals surface area contributed by atoms with Crippen molar-refractivity contribution < 1.29 is 13.9 Å². The molecule has 1 aromatic heterocycles. The van der Waals surface area contributed by atoms with Crippen molar-refractivity contribution in [1.82, 2.24) is 4.57 Å². The first-order valence-corrected chi connectivity index (χ1v) is 8.86. The summed E-state index contributed by atoms with van der Waals surface area (Å²) in [6.07, 6.45) is -0.145. The summed E-state index contributed by atoms with van der Waals surface area (Å²) in [4.78, 5) is 12.8. The van der Waals surface area contributed by atoms with Crippen LogP contribution in [0.2, 0.25) is 0 Å². The van der Waals surface area contributed by atoms with Crippen LogP contribution < -0.4 is 5.43 Å². The Morgan fingerprint density at radius 3 is 2.72 bits per heavy atom. The van der Waals surface area contributed by atoms with Crippen molar-refractivity contribution in [1.29, 1.82) is 0 Å². The predicted molar refractivity (Wildman–Crippen MR) is 98.3 cm³/mol. The van der Waals surface area contributed by atoms with E-state index < -0.39 is 11.6 Å². The van der Waals surface area contributed by atoms with Crippen molar-refractivity contribution in [3.63, 3.8) is 0 Å². The standard InChI is InChI=1S/C19H17BrFNO3/c1-19(2)24-10-13(25-19)9-22-16-6-4-12(21)8-15(16)18(23)14-5-3-11(20)7-17(14)22/h3-8,13H,9-10H2,1-2H3. The zero-order valence-electron chi connectivity index (χ0n) is 13.9. The Balaban J connectivity index is 1.97. The van der Waals surface area contributed by atoms with Gasteiger partial charge < -0.3 is 14.0 Å².